The van der Waals surface area contributed by atoms with E-state index in [2.05, 4.69) is 5.32 Å². The molecule has 0 aromatic rings. The quantitative estimate of drug-likeness (QED) is 0.733. The first-order valence-corrected chi connectivity index (χ1v) is 7.45. The maximum atomic E-state index is 11.9. The molecule has 5 nitrogen and oxygen atoms in total. The fraction of sp³-hybridized carbons (Fsp3) is 0.867. The summed E-state index contributed by atoms with van der Waals surface area (Å²) in [4.78, 5) is 22.5. The number of carboxylic acid groups (broad SMARTS) is 1. The Labute approximate surface area is 121 Å². The molecule has 1 fully saturated rings. The number of unbranched alkanes of at least 4 members (excludes halogenated alkanes) is 1. The van der Waals surface area contributed by atoms with Gasteiger partial charge in [0.25, 0.3) is 0 Å². The van der Waals surface area contributed by atoms with E-state index in [9.17, 15) is 9.59 Å². The van der Waals surface area contributed by atoms with Crippen molar-refractivity contribution in [3.05, 3.63) is 0 Å². The van der Waals surface area contributed by atoms with E-state index in [0.29, 0.717) is 6.42 Å². The van der Waals surface area contributed by atoms with Gasteiger partial charge in [-0.25, -0.2) is 4.79 Å². The molecule has 0 heterocycles. The zero-order valence-corrected chi connectivity index (χ0v) is 12.8. The standard InChI is InChI=1S/C15H27NO4/c1-14(2,3)20-13(19)16-15(10-6-7-11-15)9-5-4-8-12(17)18/h4-11H2,1-3H3,(H,16,19)(H,17,18). The largest absolute Gasteiger partial charge is 0.481 e. The molecule has 1 saturated carbocycles. The molecule has 0 aliphatic heterocycles. The van der Waals surface area contributed by atoms with Gasteiger partial charge in [-0.3, -0.25) is 4.79 Å². The Kier molecular flexibility index (Phi) is 5.84. The number of aliphatic carboxylic acids is 1. The summed E-state index contributed by atoms with van der Waals surface area (Å²) in [7, 11) is 0. The van der Waals surface area contributed by atoms with Crippen LogP contribution >= 0.6 is 0 Å². The van der Waals surface area contributed by atoms with E-state index in [1.54, 1.807) is 0 Å². The number of hydrogen-bond donors (Lipinski definition) is 2. The summed E-state index contributed by atoms with van der Waals surface area (Å²) in [6, 6.07) is 0. The van der Waals surface area contributed by atoms with Gasteiger partial charge in [-0.2, -0.15) is 0 Å². The summed E-state index contributed by atoms with van der Waals surface area (Å²) in [6.07, 6.45) is 6.27. The lowest BCUT2D eigenvalue weighted by molar-refractivity contribution is -0.137. The number of nitrogens with one attached hydrogen (secondary N) is 1. The molecule has 1 rings (SSSR count). The van der Waals surface area contributed by atoms with Crippen LogP contribution in [0.2, 0.25) is 0 Å². The summed E-state index contributed by atoms with van der Waals surface area (Å²) in [5, 5.41) is 11.7. The topological polar surface area (TPSA) is 75.6 Å². The van der Waals surface area contributed by atoms with Crippen LogP contribution in [0, 0.1) is 0 Å². The third-order valence-corrected chi connectivity index (χ3v) is 3.62. The van der Waals surface area contributed by atoms with Crippen molar-refractivity contribution in [2.45, 2.75) is 83.3 Å². The Morgan fingerprint density at radius 3 is 2.30 bits per heavy atom. The second-order valence-corrected chi connectivity index (χ2v) is 6.72. The number of carboxylic acids is 1. The van der Waals surface area contributed by atoms with E-state index in [1.165, 1.54) is 0 Å². The van der Waals surface area contributed by atoms with E-state index >= 15 is 0 Å². The third-order valence-electron chi connectivity index (χ3n) is 3.62. The molecule has 20 heavy (non-hydrogen) atoms. The first kappa shape index (κ1) is 16.8. The van der Waals surface area contributed by atoms with Crippen molar-refractivity contribution in [2.24, 2.45) is 0 Å². The van der Waals surface area contributed by atoms with E-state index in [4.69, 9.17) is 9.84 Å². The second kappa shape index (κ2) is 6.95. The van der Waals surface area contributed by atoms with Crippen LogP contribution in [0.25, 0.3) is 0 Å². The Balaban J connectivity index is 2.46. The number of carbonyl (C=O) groups excluding carboxylic acids is 1. The van der Waals surface area contributed by atoms with Crippen LogP contribution in [-0.4, -0.2) is 28.3 Å². The monoisotopic (exact) mass is 285 g/mol. The van der Waals surface area contributed by atoms with Gasteiger partial charge in [-0.1, -0.05) is 19.3 Å². The number of alkyl carbamates (subject to hydrolysis) is 1. The Morgan fingerprint density at radius 1 is 1.20 bits per heavy atom. The number of amides is 1. The smallest absolute Gasteiger partial charge is 0.408 e. The van der Waals surface area contributed by atoms with Crippen LogP contribution in [0.1, 0.15) is 72.1 Å². The molecule has 1 aliphatic rings. The molecule has 0 aromatic heterocycles. The normalized spacial score (nSPS) is 17.8. The molecule has 0 spiro atoms. The first-order valence-electron chi connectivity index (χ1n) is 7.45. The van der Waals surface area contributed by atoms with E-state index < -0.39 is 11.6 Å². The van der Waals surface area contributed by atoms with Crippen molar-refractivity contribution >= 4 is 12.1 Å². The lowest BCUT2D eigenvalue weighted by Gasteiger charge is -2.32. The zero-order valence-electron chi connectivity index (χ0n) is 12.8. The molecule has 0 unspecified atom stereocenters. The van der Waals surface area contributed by atoms with Gasteiger partial charge in [0.05, 0.1) is 0 Å². The van der Waals surface area contributed by atoms with E-state index in [-0.39, 0.29) is 18.1 Å². The molecule has 2 N–H and O–H groups in total. The van der Waals surface area contributed by atoms with Gasteiger partial charge in [0, 0.05) is 12.0 Å². The molecular formula is C15H27NO4. The molecule has 0 aromatic carbocycles. The van der Waals surface area contributed by atoms with Crippen molar-refractivity contribution in [3.63, 3.8) is 0 Å². The second-order valence-electron chi connectivity index (χ2n) is 6.72. The Morgan fingerprint density at radius 2 is 1.80 bits per heavy atom. The van der Waals surface area contributed by atoms with Crippen LogP contribution in [0.15, 0.2) is 0 Å². The van der Waals surface area contributed by atoms with Crippen molar-refractivity contribution in [1.82, 2.24) is 5.32 Å². The van der Waals surface area contributed by atoms with Crippen LogP contribution < -0.4 is 5.32 Å². The fourth-order valence-corrected chi connectivity index (χ4v) is 2.75. The summed E-state index contributed by atoms with van der Waals surface area (Å²) in [6.45, 7) is 5.54. The third kappa shape index (κ3) is 6.26. The highest BCUT2D eigenvalue weighted by Crippen LogP contribution is 2.34. The Hall–Kier alpha value is -1.26. The molecule has 1 aliphatic carbocycles. The summed E-state index contributed by atoms with van der Waals surface area (Å²) in [5.41, 5.74) is -0.686. The minimum Gasteiger partial charge on any atom is -0.481 e. The van der Waals surface area contributed by atoms with Crippen molar-refractivity contribution in [2.75, 3.05) is 0 Å². The van der Waals surface area contributed by atoms with Gasteiger partial charge in [0.15, 0.2) is 0 Å². The van der Waals surface area contributed by atoms with E-state index in [0.717, 1.165) is 38.5 Å². The number of ether oxygens (including phenoxy) is 1. The lowest BCUT2D eigenvalue weighted by Crippen LogP contribution is -2.48. The van der Waals surface area contributed by atoms with Gasteiger partial charge in [-0.05, 0) is 46.5 Å². The van der Waals surface area contributed by atoms with Crippen molar-refractivity contribution < 1.29 is 19.4 Å². The van der Waals surface area contributed by atoms with E-state index in [1.807, 2.05) is 20.8 Å². The minimum atomic E-state index is -0.759. The average Bonchev–Trinajstić information content (AvgIpc) is 2.70. The zero-order chi connectivity index (χ0) is 15.2. The molecular weight excluding hydrogens is 258 g/mol. The summed E-state index contributed by atoms with van der Waals surface area (Å²) >= 11 is 0. The summed E-state index contributed by atoms with van der Waals surface area (Å²) < 4.78 is 5.33. The number of rotatable bonds is 6. The fourth-order valence-electron chi connectivity index (χ4n) is 2.75. The highest BCUT2D eigenvalue weighted by Gasteiger charge is 2.36. The molecule has 0 radical (unpaired) electrons. The Bertz CT molecular complexity index is 340. The molecule has 0 saturated heterocycles. The van der Waals surface area contributed by atoms with Gasteiger partial charge >= 0.3 is 12.1 Å². The number of hydrogen-bond acceptors (Lipinski definition) is 3. The molecule has 0 atom stereocenters. The summed E-state index contributed by atoms with van der Waals surface area (Å²) in [5.74, 6) is -0.759. The lowest BCUT2D eigenvalue weighted by atomic mass is 9.90. The first-order chi connectivity index (χ1) is 9.22. The predicted octanol–water partition coefficient (Wildman–Crippen LogP) is 3.47. The molecule has 5 heteroatoms. The molecule has 0 bridgehead atoms. The van der Waals surface area contributed by atoms with Crippen LogP contribution in [0.4, 0.5) is 4.79 Å². The molecule has 116 valence electrons. The maximum Gasteiger partial charge on any atom is 0.408 e. The van der Waals surface area contributed by atoms with Gasteiger partial charge in [0.1, 0.15) is 5.60 Å². The van der Waals surface area contributed by atoms with Crippen molar-refractivity contribution in [1.29, 1.82) is 0 Å². The highest BCUT2D eigenvalue weighted by atomic mass is 16.6. The minimum absolute atomic E-state index is 0.194. The van der Waals surface area contributed by atoms with Gasteiger partial charge in [-0.15, -0.1) is 0 Å². The SMILES string of the molecule is CC(C)(C)OC(=O)NC1(CCCCC(=O)O)CCCC1. The van der Waals surface area contributed by atoms with Gasteiger partial charge in [0.2, 0.25) is 0 Å². The van der Waals surface area contributed by atoms with Gasteiger partial charge < -0.3 is 15.2 Å². The van der Waals surface area contributed by atoms with Crippen molar-refractivity contribution in [3.8, 4) is 0 Å². The highest BCUT2D eigenvalue weighted by molar-refractivity contribution is 5.69. The van der Waals surface area contributed by atoms with Crippen LogP contribution in [-0.2, 0) is 9.53 Å². The number of carbonyl (C=O) groups is 2. The average molecular weight is 285 g/mol. The predicted molar refractivity (Wildman–Crippen MR) is 76.7 cm³/mol. The van der Waals surface area contributed by atoms with Crippen LogP contribution in [0.5, 0.6) is 0 Å². The maximum absolute atomic E-state index is 11.9. The van der Waals surface area contributed by atoms with Crippen LogP contribution in [0.3, 0.4) is 0 Å². The molecule has 1 amide bonds.